The van der Waals surface area contributed by atoms with E-state index < -0.39 is 26.0 Å². The largest absolute Gasteiger partial charge is 0.383 e. The van der Waals surface area contributed by atoms with Crippen molar-refractivity contribution in [3.8, 4) is 0 Å². The molecule has 12 heteroatoms. The summed E-state index contributed by atoms with van der Waals surface area (Å²) in [6.45, 7) is 1.89. The van der Waals surface area contributed by atoms with E-state index in [0.717, 1.165) is 18.8 Å². The van der Waals surface area contributed by atoms with E-state index in [1.165, 1.54) is 13.4 Å². The van der Waals surface area contributed by atoms with E-state index in [4.69, 9.17) is 25.5 Å². The molecule has 4 atom stereocenters. The first-order chi connectivity index (χ1) is 12.8. The third-order valence-corrected chi connectivity index (χ3v) is 4.99. The molecule has 1 fully saturated rings. The number of methoxy groups -OCH3 is 1. The zero-order valence-corrected chi connectivity index (χ0v) is 16.2. The fourth-order valence-corrected chi connectivity index (χ4v) is 3.96. The molecule has 3 rings (SSSR count). The van der Waals surface area contributed by atoms with Crippen LogP contribution in [0.4, 0.5) is 5.82 Å². The summed E-state index contributed by atoms with van der Waals surface area (Å²) in [6, 6.07) is 0. The molecule has 0 bridgehead atoms. The number of hydrogen-bond acceptors (Lipinski definition) is 9. The molecular weight excluding hydrogens is 375 g/mol. The lowest BCUT2D eigenvalue weighted by Gasteiger charge is -2.19. The molecule has 2 aromatic heterocycles. The van der Waals surface area contributed by atoms with Crippen molar-refractivity contribution in [1.29, 1.82) is 0 Å². The zero-order chi connectivity index (χ0) is 19.6. The van der Waals surface area contributed by atoms with Gasteiger partial charge in [-0.25, -0.2) is 14.6 Å². The van der Waals surface area contributed by atoms with Crippen molar-refractivity contribution in [3.05, 3.63) is 12.0 Å². The summed E-state index contributed by atoms with van der Waals surface area (Å²) in [6.07, 6.45) is 1.41. The van der Waals surface area contributed by atoms with Gasteiger partial charge in [0.2, 0.25) is 0 Å². The van der Waals surface area contributed by atoms with Gasteiger partial charge in [0.05, 0.1) is 17.7 Å². The molecule has 5 N–H and O–H groups in total. The number of nitrogens with two attached hydrogens (primary N) is 2. The standard InChI is InChI=1S/C15H25N6O5P/c1-24-7-11-10(26-27(2,22)23)6-12(25-11)21-15-13(14(17)18-8-19-15)9(20-21)4-3-5-16/h8,10-12H,3-7,16H2,1-2H3,(H,22,23)(H2,17,18,19). The predicted molar refractivity (Wildman–Crippen MR) is 98.1 cm³/mol. The third kappa shape index (κ3) is 4.45. The van der Waals surface area contributed by atoms with E-state index in [0.29, 0.717) is 36.2 Å². The minimum Gasteiger partial charge on any atom is -0.383 e. The number of rotatable bonds is 8. The lowest BCUT2D eigenvalue weighted by Crippen LogP contribution is -2.27. The highest BCUT2D eigenvalue weighted by Crippen LogP contribution is 2.44. The quantitative estimate of drug-likeness (QED) is 0.530. The predicted octanol–water partition coefficient (Wildman–Crippen LogP) is 0.434. The maximum atomic E-state index is 11.7. The Labute approximate surface area is 156 Å². The van der Waals surface area contributed by atoms with Gasteiger partial charge in [0, 0.05) is 20.2 Å². The first-order valence-electron chi connectivity index (χ1n) is 8.64. The molecule has 0 aromatic carbocycles. The Morgan fingerprint density at radius 1 is 1.48 bits per heavy atom. The number of anilines is 1. The minimum absolute atomic E-state index is 0.220. The maximum Gasteiger partial charge on any atom is 0.325 e. The maximum absolute atomic E-state index is 11.7. The number of aryl methyl sites for hydroxylation is 1. The summed E-state index contributed by atoms with van der Waals surface area (Å²) in [7, 11) is -2.16. The van der Waals surface area contributed by atoms with E-state index in [2.05, 4.69) is 15.1 Å². The fraction of sp³-hybridized carbons (Fsp3) is 0.667. The molecule has 3 heterocycles. The summed E-state index contributed by atoms with van der Waals surface area (Å²) >= 11 is 0. The molecule has 150 valence electrons. The summed E-state index contributed by atoms with van der Waals surface area (Å²) in [5.41, 5.74) is 12.9. The van der Waals surface area contributed by atoms with Crippen LogP contribution in [0.5, 0.6) is 0 Å². The molecular formula is C15H25N6O5P. The number of hydrogen-bond donors (Lipinski definition) is 3. The van der Waals surface area contributed by atoms with Gasteiger partial charge < -0.3 is 30.4 Å². The SMILES string of the molecule is COCC1OC(n2nc(CCCN)c3c(N)ncnc32)CC1OP(C)(=O)O. The Morgan fingerprint density at radius 2 is 2.26 bits per heavy atom. The highest BCUT2D eigenvalue weighted by molar-refractivity contribution is 7.51. The molecule has 27 heavy (non-hydrogen) atoms. The van der Waals surface area contributed by atoms with Gasteiger partial charge in [-0.3, -0.25) is 4.57 Å². The molecule has 4 unspecified atom stereocenters. The molecule has 2 aromatic rings. The molecule has 0 amide bonds. The third-order valence-electron chi connectivity index (χ3n) is 4.32. The normalized spacial score (nSPS) is 25.1. The summed E-state index contributed by atoms with van der Waals surface area (Å²) in [4.78, 5) is 18.0. The summed E-state index contributed by atoms with van der Waals surface area (Å²) < 4.78 is 29.8. The average molecular weight is 400 g/mol. The molecule has 11 nitrogen and oxygen atoms in total. The Bertz CT molecular complexity index is 839. The van der Waals surface area contributed by atoms with Gasteiger partial charge in [-0.1, -0.05) is 0 Å². The van der Waals surface area contributed by atoms with Gasteiger partial charge in [-0.15, -0.1) is 0 Å². The average Bonchev–Trinajstić information content (AvgIpc) is 3.14. The number of nitrogen functional groups attached to an aromatic ring is 1. The molecule has 1 saturated heterocycles. The van der Waals surface area contributed by atoms with Crippen LogP contribution in [0, 0.1) is 0 Å². The molecule has 0 aliphatic carbocycles. The van der Waals surface area contributed by atoms with Crippen LogP contribution < -0.4 is 11.5 Å². The molecule has 0 radical (unpaired) electrons. The van der Waals surface area contributed by atoms with Gasteiger partial charge in [-0.2, -0.15) is 5.10 Å². The van der Waals surface area contributed by atoms with Crippen LogP contribution in [0.3, 0.4) is 0 Å². The van der Waals surface area contributed by atoms with Gasteiger partial charge in [0.15, 0.2) is 11.9 Å². The lowest BCUT2D eigenvalue weighted by molar-refractivity contribution is -0.0530. The van der Waals surface area contributed by atoms with Crippen molar-refractivity contribution in [3.63, 3.8) is 0 Å². The van der Waals surface area contributed by atoms with Crippen LogP contribution in [-0.4, -0.2) is 63.8 Å². The van der Waals surface area contributed by atoms with Gasteiger partial charge in [0.25, 0.3) is 0 Å². The van der Waals surface area contributed by atoms with Gasteiger partial charge in [-0.05, 0) is 19.4 Å². The Balaban J connectivity index is 1.94. The number of fused-ring (bicyclic) bond motifs is 1. The topological polar surface area (TPSA) is 161 Å². The van der Waals surface area contributed by atoms with Crippen LogP contribution in [0.25, 0.3) is 11.0 Å². The molecule has 1 aliphatic rings. The van der Waals surface area contributed by atoms with Crippen molar-refractivity contribution in [2.24, 2.45) is 5.73 Å². The molecule has 0 spiro atoms. The summed E-state index contributed by atoms with van der Waals surface area (Å²) in [5, 5.41) is 5.29. The first kappa shape index (κ1) is 20.1. The number of aromatic nitrogens is 4. The van der Waals surface area contributed by atoms with Crippen LogP contribution in [0.15, 0.2) is 6.33 Å². The van der Waals surface area contributed by atoms with E-state index in [1.54, 1.807) is 4.68 Å². The van der Waals surface area contributed by atoms with E-state index in [9.17, 15) is 9.46 Å². The van der Waals surface area contributed by atoms with Crippen LogP contribution in [-0.2, 0) is 25.0 Å². The Kier molecular flexibility index (Phi) is 6.09. The zero-order valence-electron chi connectivity index (χ0n) is 15.3. The van der Waals surface area contributed by atoms with E-state index in [-0.39, 0.29) is 6.61 Å². The first-order valence-corrected chi connectivity index (χ1v) is 10.7. The van der Waals surface area contributed by atoms with Crippen LogP contribution in [0.1, 0.15) is 24.8 Å². The van der Waals surface area contributed by atoms with Crippen molar-refractivity contribution >= 4 is 24.4 Å². The second-order valence-electron chi connectivity index (χ2n) is 6.51. The lowest BCUT2D eigenvalue weighted by atomic mass is 10.2. The molecule has 0 saturated carbocycles. The second kappa shape index (κ2) is 8.17. The van der Waals surface area contributed by atoms with Gasteiger partial charge >= 0.3 is 7.60 Å². The molecule has 1 aliphatic heterocycles. The van der Waals surface area contributed by atoms with E-state index in [1.807, 2.05) is 0 Å². The van der Waals surface area contributed by atoms with Crippen molar-refractivity contribution < 1.29 is 23.5 Å². The highest BCUT2D eigenvalue weighted by Gasteiger charge is 2.41. The monoisotopic (exact) mass is 400 g/mol. The van der Waals surface area contributed by atoms with Crippen LogP contribution >= 0.6 is 7.60 Å². The highest BCUT2D eigenvalue weighted by atomic mass is 31.2. The van der Waals surface area contributed by atoms with Crippen molar-refractivity contribution in [1.82, 2.24) is 19.7 Å². The Morgan fingerprint density at radius 3 is 2.93 bits per heavy atom. The van der Waals surface area contributed by atoms with Crippen molar-refractivity contribution in [2.75, 3.05) is 32.7 Å². The number of ether oxygens (including phenoxy) is 2. The fourth-order valence-electron chi connectivity index (χ4n) is 3.24. The number of nitrogens with zero attached hydrogens (tertiary/aromatic N) is 4. The van der Waals surface area contributed by atoms with E-state index >= 15 is 0 Å². The Hall–Kier alpha value is -1.62. The van der Waals surface area contributed by atoms with Crippen LogP contribution in [0.2, 0.25) is 0 Å². The van der Waals surface area contributed by atoms with Gasteiger partial charge in [0.1, 0.15) is 24.4 Å². The minimum atomic E-state index is -3.68. The smallest absolute Gasteiger partial charge is 0.325 e. The van der Waals surface area contributed by atoms with Crippen molar-refractivity contribution in [2.45, 2.75) is 37.7 Å². The second-order valence-corrected chi connectivity index (χ2v) is 8.32. The summed E-state index contributed by atoms with van der Waals surface area (Å²) in [5.74, 6) is 0.339.